The topological polar surface area (TPSA) is 9.72 Å². The van der Waals surface area contributed by atoms with E-state index in [9.17, 15) is 13.2 Å². The van der Waals surface area contributed by atoms with Crippen LogP contribution in [0.1, 0.15) is 17.5 Å². The van der Waals surface area contributed by atoms with Crippen molar-refractivity contribution in [3.8, 4) is 11.1 Å². The first-order chi connectivity index (χ1) is 14.3. The Hall–Kier alpha value is -2.31. The third-order valence-corrected chi connectivity index (χ3v) is 6.14. The van der Waals surface area contributed by atoms with E-state index in [0.29, 0.717) is 5.69 Å². The fraction of sp³-hybridized carbons (Fsp3) is 0.417. The SMILES string of the molecule is CN1CC=C(c2ccccc2-c2ccc(C(F)(F)F)cc2N2CCN(C)CC2)CC1. The van der Waals surface area contributed by atoms with Crippen LogP contribution in [-0.2, 0) is 6.18 Å². The van der Waals surface area contributed by atoms with Crippen molar-refractivity contribution in [2.75, 3.05) is 58.3 Å². The fourth-order valence-corrected chi connectivity index (χ4v) is 4.26. The lowest BCUT2D eigenvalue weighted by Crippen LogP contribution is -2.44. The van der Waals surface area contributed by atoms with Crippen molar-refractivity contribution in [2.24, 2.45) is 0 Å². The molecule has 0 aromatic heterocycles. The molecule has 0 atom stereocenters. The van der Waals surface area contributed by atoms with Gasteiger partial charge in [-0.3, -0.25) is 0 Å². The van der Waals surface area contributed by atoms with Gasteiger partial charge in [-0.2, -0.15) is 13.2 Å². The Bertz CT molecular complexity index is 928. The molecule has 0 radical (unpaired) electrons. The predicted octanol–water partition coefficient (Wildman–Crippen LogP) is 4.84. The molecule has 2 aromatic rings. The second-order valence-electron chi connectivity index (χ2n) is 8.31. The highest BCUT2D eigenvalue weighted by atomic mass is 19.4. The van der Waals surface area contributed by atoms with Crippen LogP contribution >= 0.6 is 0 Å². The molecule has 4 rings (SSSR count). The summed E-state index contributed by atoms with van der Waals surface area (Å²) in [5.41, 5.74) is 4.38. The Morgan fingerprint density at radius 2 is 1.47 bits per heavy atom. The molecule has 3 nitrogen and oxygen atoms in total. The van der Waals surface area contributed by atoms with E-state index in [1.165, 1.54) is 17.7 Å². The summed E-state index contributed by atoms with van der Waals surface area (Å²) in [6, 6.07) is 12.3. The maximum absolute atomic E-state index is 13.5. The molecule has 6 heteroatoms. The first kappa shape index (κ1) is 20.9. The lowest BCUT2D eigenvalue weighted by Gasteiger charge is -2.36. The van der Waals surface area contributed by atoms with Crippen LogP contribution in [0.15, 0.2) is 48.5 Å². The summed E-state index contributed by atoms with van der Waals surface area (Å²) in [6.07, 6.45) is -1.17. The van der Waals surface area contributed by atoms with Crippen molar-refractivity contribution < 1.29 is 13.2 Å². The zero-order chi connectivity index (χ0) is 21.3. The number of likely N-dealkylation sites (N-methyl/N-ethyl adjacent to an activating group) is 2. The first-order valence-electron chi connectivity index (χ1n) is 10.4. The van der Waals surface area contributed by atoms with Gasteiger partial charge in [0.25, 0.3) is 0 Å². The van der Waals surface area contributed by atoms with Crippen LogP contribution in [0.4, 0.5) is 18.9 Å². The van der Waals surface area contributed by atoms with Crippen LogP contribution in [0.2, 0.25) is 0 Å². The summed E-state index contributed by atoms with van der Waals surface area (Å²) in [6.45, 7) is 5.01. The van der Waals surface area contributed by atoms with Gasteiger partial charge in [0.2, 0.25) is 0 Å². The van der Waals surface area contributed by atoms with Gasteiger partial charge in [0, 0.05) is 50.5 Å². The van der Waals surface area contributed by atoms with Crippen molar-refractivity contribution in [1.29, 1.82) is 0 Å². The van der Waals surface area contributed by atoms with Crippen molar-refractivity contribution >= 4 is 11.3 Å². The highest BCUT2D eigenvalue weighted by molar-refractivity contribution is 5.88. The molecule has 0 spiro atoms. The molecule has 2 aromatic carbocycles. The van der Waals surface area contributed by atoms with Crippen LogP contribution in [0.5, 0.6) is 0 Å². The maximum Gasteiger partial charge on any atom is 0.416 e. The molecule has 0 N–H and O–H groups in total. The average Bonchev–Trinajstić information content (AvgIpc) is 2.74. The Morgan fingerprint density at radius 3 is 2.10 bits per heavy atom. The molecule has 2 aliphatic heterocycles. The van der Waals surface area contributed by atoms with E-state index < -0.39 is 11.7 Å². The normalized spacial score (nSPS) is 19.1. The van der Waals surface area contributed by atoms with Gasteiger partial charge in [-0.15, -0.1) is 0 Å². The fourth-order valence-electron chi connectivity index (χ4n) is 4.26. The highest BCUT2D eigenvalue weighted by Gasteiger charge is 2.32. The Morgan fingerprint density at radius 1 is 0.767 bits per heavy atom. The van der Waals surface area contributed by atoms with E-state index in [0.717, 1.165) is 62.4 Å². The largest absolute Gasteiger partial charge is 0.416 e. The number of piperazine rings is 1. The summed E-state index contributed by atoms with van der Waals surface area (Å²) in [5.74, 6) is 0. The van der Waals surface area contributed by atoms with Crippen LogP contribution in [0.3, 0.4) is 0 Å². The van der Waals surface area contributed by atoms with Crippen molar-refractivity contribution in [3.05, 3.63) is 59.7 Å². The van der Waals surface area contributed by atoms with E-state index in [2.05, 4.69) is 33.9 Å². The molecule has 160 valence electrons. The third kappa shape index (κ3) is 4.40. The first-order valence-corrected chi connectivity index (χ1v) is 10.4. The van der Waals surface area contributed by atoms with E-state index >= 15 is 0 Å². The van der Waals surface area contributed by atoms with Gasteiger partial charge >= 0.3 is 6.18 Å². The maximum atomic E-state index is 13.5. The second-order valence-corrected chi connectivity index (χ2v) is 8.31. The molecular weight excluding hydrogens is 387 g/mol. The summed E-state index contributed by atoms with van der Waals surface area (Å²) >= 11 is 0. The van der Waals surface area contributed by atoms with Crippen molar-refractivity contribution in [2.45, 2.75) is 12.6 Å². The Balaban J connectivity index is 1.81. The number of hydrogen-bond donors (Lipinski definition) is 0. The molecule has 0 amide bonds. The number of anilines is 1. The second kappa shape index (κ2) is 8.44. The summed E-state index contributed by atoms with van der Waals surface area (Å²) in [5, 5.41) is 0. The van der Waals surface area contributed by atoms with Gasteiger partial charge in [-0.1, -0.05) is 36.4 Å². The van der Waals surface area contributed by atoms with Crippen LogP contribution in [-0.4, -0.2) is 63.2 Å². The zero-order valence-corrected chi connectivity index (χ0v) is 17.5. The lowest BCUT2D eigenvalue weighted by atomic mass is 9.90. The Kier molecular flexibility index (Phi) is 5.89. The highest BCUT2D eigenvalue weighted by Crippen LogP contribution is 2.41. The molecule has 0 aliphatic carbocycles. The summed E-state index contributed by atoms with van der Waals surface area (Å²) in [4.78, 5) is 6.57. The molecule has 30 heavy (non-hydrogen) atoms. The minimum Gasteiger partial charge on any atom is -0.368 e. The molecule has 2 heterocycles. The standard InChI is InChI=1S/C24H28F3N3/c1-28-11-9-18(10-12-28)20-5-3-4-6-21(20)22-8-7-19(24(25,26)27)17-23(22)30-15-13-29(2)14-16-30/h3-9,17H,10-16H2,1-2H3. The summed E-state index contributed by atoms with van der Waals surface area (Å²) < 4.78 is 40.5. The molecule has 2 aliphatic rings. The molecule has 0 unspecified atom stereocenters. The van der Waals surface area contributed by atoms with E-state index in [1.54, 1.807) is 6.07 Å². The number of hydrogen-bond acceptors (Lipinski definition) is 3. The third-order valence-electron chi connectivity index (χ3n) is 6.14. The summed E-state index contributed by atoms with van der Waals surface area (Å²) in [7, 11) is 4.15. The molecular formula is C24H28F3N3. The number of halogens is 3. The van der Waals surface area contributed by atoms with Crippen LogP contribution in [0, 0.1) is 0 Å². The van der Waals surface area contributed by atoms with Gasteiger partial charge in [-0.25, -0.2) is 0 Å². The van der Waals surface area contributed by atoms with Gasteiger partial charge in [-0.05, 0) is 49.3 Å². The number of alkyl halides is 3. The lowest BCUT2D eigenvalue weighted by molar-refractivity contribution is -0.137. The van der Waals surface area contributed by atoms with Gasteiger partial charge in [0.05, 0.1) is 5.56 Å². The number of benzene rings is 2. The predicted molar refractivity (Wildman–Crippen MR) is 117 cm³/mol. The van der Waals surface area contributed by atoms with Gasteiger partial charge in [0.1, 0.15) is 0 Å². The van der Waals surface area contributed by atoms with Crippen LogP contribution < -0.4 is 4.90 Å². The van der Waals surface area contributed by atoms with Gasteiger partial charge in [0.15, 0.2) is 0 Å². The van der Waals surface area contributed by atoms with Gasteiger partial charge < -0.3 is 14.7 Å². The molecule has 0 bridgehead atoms. The van der Waals surface area contributed by atoms with Crippen molar-refractivity contribution in [3.63, 3.8) is 0 Å². The number of rotatable bonds is 3. The molecule has 1 saturated heterocycles. The zero-order valence-electron chi connectivity index (χ0n) is 17.5. The quantitative estimate of drug-likeness (QED) is 0.710. The smallest absolute Gasteiger partial charge is 0.368 e. The minimum atomic E-state index is -4.35. The van der Waals surface area contributed by atoms with E-state index in [1.807, 2.05) is 25.2 Å². The van der Waals surface area contributed by atoms with E-state index in [-0.39, 0.29) is 0 Å². The van der Waals surface area contributed by atoms with E-state index in [4.69, 9.17) is 0 Å². The minimum absolute atomic E-state index is 0.587. The Labute approximate surface area is 176 Å². The van der Waals surface area contributed by atoms with Crippen molar-refractivity contribution in [1.82, 2.24) is 9.80 Å². The molecule has 1 fully saturated rings. The monoisotopic (exact) mass is 415 g/mol. The molecule has 0 saturated carbocycles. The number of nitrogens with zero attached hydrogens (tertiary/aromatic N) is 3. The average molecular weight is 416 g/mol. The van der Waals surface area contributed by atoms with Crippen LogP contribution in [0.25, 0.3) is 16.7 Å².